The van der Waals surface area contributed by atoms with Crippen molar-refractivity contribution >= 4 is 17.9 Å². The Labute approximate surface area is 389 Å². The zero-order valence-corrected chi connectivity index (χ0v) is 40.6. The minimum Gasteiger partial charge on any atom is -0.463 e. The van der Waals surface area contributed by atoms with Gasteiger partial charge in [0.25, 0.3) is 0 Å². The first-order chi connectivity index (χ1) is 31.1. The van der Waals surface area contributed by atoms with Gasteiger partial charge in [-0.1, -0.05) is 156 Å². The van der Waals surface area contributed by atoms with Crippen LogP contribution in [0.3, 0.4) is 0 Å². The molecule has 0 aliphatic carbocycles. The van der Waals surface area contributed by atoms with E-state index < -0.39 is 105 Å². The number of unbranched alkanes of at least 4 members (excludes halogenated alkanes) is 18. The second kappa shape index (κ2) is 35.2. The molecule has 2 saturated heterocycles. The molecule has 2 heterocycles. The van der Waals surface area contributed by atoms with E-state index in [1.54, 1.807) is 0 Å². The van der Waals surface area contributed by atoms with Crippen molar-refractivity contribution in [1.82, 2.24) is 0 Å². The monoisotopic (exact) mass is 935 g/mol. The Balaban J connectivity index is 1.92. The predicted octanol–water partition coefficient (Wildman–Crippen LogP) is 6.33. The molecule has 2 fully saturated rings. The SMILES string of the molecule is CC(=O)OC[C@H]1O[C@H](O[C@@H]2[C@H](O)[C@@H](OCC(COC(=O)CCCCCCCCCCCCC(C)C)OC(=O)CCCCCCCCCCCCC(C)C)O[C@H](CO)[C@H]2O)[C@H](O)[C@@H](O)[C@@H]1O. The Morgan fingerprint density at radius 1 is 0.508 bits per heavy atom. The summed E-state index contributed by atoms with van der Waals surface area (Å²) in [6.45, 7) is 8.22. The van der Waals surface area contributed by atoms with Crippen molar-refractivity contribution in [2.75, 3.05) is 26.4 Å². The van der Waals surface area contributed by atoms with Crippen LogP contribution < -0.4 is 0 Å². The summed E-state index contributed by atoms with van der Waals surface area (Å²) in [4.78, 5) is 37.2. The van der Waals surface area contributed by atoms with Crippen LogP contribution in [-0.2, 0) is 47.5 Å². The molecular formula is C49H90O16. The van der Waals surface area contributed by atoms with Gasteiger partial charge < -0.3 is 63.8 Å². The van der Waals surface area contributed by atoms with Crippen molar-refractivity contribution in [3.63, 3.8) is 0 Å². The van der Waals surface area contributed by atoms with E-state index in [9.17, 15) is 45.0 Å². The molecule has 65 heavy (non-hydrogen) atoms. The van der Waals surface area contributed by atoms with Gasteiger partial charge in [-0.25, -0.2) is 0 Å². The zero-order chi connectivity index (χ0) is 48.0. The minimum absolute atomic E-state index is 0.151. The van der Waals surface area contributed by atoms with E-state index in [-0.39, 0.29) is 19.4 Å². The molecular weight excluding hydrogens is 845 g/mol. The maximum atomic E-state index is 13.0. The molecule has 0 saturated carbocycles. The summed E-state index contributed by atoms with van der Waals surface area (Å²) < 4.78 is 38.9. The van der Waals surface area contributed by atoms with Gasteiger partial charge in [-0.05, 0) is 24.7 Å². The van der Waals surface area contributed by atoms with Crippen molar-refractivity contribution in [2.24, 2.45) is 11.8 Å². The quantitative estimate of drug-likeness (QED) is 0.0227. The van der Waals surface area contributed by atoms with Crippen molar-refractivity contribution in [2.45, 2.75) is 256 Å². The zero-order valence-electron chi connectivity index (χ0n) is 40.6. The number of hydrogen-bond acceptors (Lipinski definition) is 16. The number of carbonyl (C=O) groups is 3. The number of hydrogen-bond donors (Lipinski definition) is 6. The lowest BCUT2D eigenvalue weighted by Crippen LogP contribution is -2.65. The molecule has 0 aromatic carbocycles. The Kier molecular flexibility index (Phi) is 32.0. The highest BCUT2D eigenvalue weighted by Gasteiger charge is 2.51. The number of aliphatic hydroxyl groups excluding tert-OH is 6. The molecule has 0 aromatic rings. The summed E-state index contributed by atoms with van der Waals surface area (Å²) >= 11 is 0. The average Bonchev–Trinajstić information content (AvgIpc) is 3.26. The van der Waals surface area contributed by atoms with Crippen molar-refractivity contribution < 1.29 is 78.2 Å². The van der Waals surface area contributed by atoms with Gasteiger partial charge in [0, 0.05) is 19.8 Å². The average molecular weight is 935 g/mol. The fraction of sp³-hybridized carbons (Fsp3) is 0.939. The van der Waals surface area contributed by atoms with E-state index in [2.05, 4.69) is 27.7 Å². The predicted molar refractivity (Wildman–Crippen MR) is 243 cm³/mol. The largest absolute Gasteiger partial charge is 0.463 e. The number of aliphatic hydroxyl groups is 6. The van der Waals surface area contributed by atoms with Crippen molar-refractivity contribution in [3.8, 4) is 0 Å². The molecule has 1 unspecified atom stereocenters. The van der Waals surface area contributed by atoms with Gasteiger partial charge in [0.2, 0.25) is 0 Å². The molecule has 16 nitrogen and oxygen atoms in total. The van der Waals surface area contributed by atoms with E-state index in [0.717, 1.165) is 57.3 Å². The van der Waals surface area contributed by atoms with Gasteiger partial charge >= 0.3 is 17.9 Å². The number of ether oxygens (including phenoxy) is 7. The van der Waals surface area contributed by atoms with Gasteiger partial charge in [0.15, 0.2) is 18.7 Å². The summed E-state index contributed by atoms with van der Waals surface area (Å²) in [6.07, 6.45) is 7.77. The third-order valence-corrected chi connectivity index (χ3v) is 12.2. The van der Waals surface area contributed by atoms with Crippen LogP contribution in [-0.4, -0.2) is 142 Å². The summed E-state index contributed by atoms with van der Waals surface area (Å²) in [5, 5.41) is 63.8. The molecule has 0 radical (unpaired) electrons. The standard InChI is InChI=1S/C49H90O16/c1-34(2)26-22-18-14-10-6-8-12-16-20-24-28-40(52)60-31-37(62-41(53)29-25-21-17-13-9-7-11-15-19-23-27-35(3)4)32-61-48-46(58)47(43(55)38(30-50)63-48)65-49-45(57)44(56)42(54)39(64-49)33-59-36(5)51/h34-35,37-39,42-50,54-58H,6-33H2,1-5H3/t37?,38-,39-,42-,43-,44+,45-,46+,47+,48+,49-/m1/s1. The fourth-order valence-electron chi connectivity index (χ4n) is 8.17. The van der Waals surface area contributed by atoms with Gasteiger partial charge in [-0.15, -0.1) is 0 Å². The maximum Gasteiger partial charge on any atom is 0.306 e. The van der Waals surface area contributed by atoms with Gasteiger partial charge in [0.05, 0.1) is 13.2 Å². The van der Waals surface area contributed by atoms with Crippen LogP contribution in [0.2, 0.25) is 0 Å². The lowest BCUT2D eigenvalue weighted by molar-refractivity contribution is -0.361. The second-order valence-electron chi connectivity index (χ2n) is 19.2. The highest BCUT2D eigenvalue weighted by atomic mass is 16.7. The first-order valence-corrected chi connectivity index (χ1v) is 25.2. The molecule has 0 bridgehead atoms. The van der Waals surface area contributed by atoms with Crippen molar-refractivity contribution in [3.05, 3.63) is 0 Å². The lowest BCUT2D eigenvalue weighted by Gasteiger charge is -2.46. The maximum absolute atomic E-state index is 13.0. The van der Waals surface area contributed by atoms with E-state index in [1.165, 1.54) is 89.9 Å². The van der Waals surface area contributed by atoms with Crippen LogP contribution in [0, 0.1) is 11.8 Å². The van der Waals surface area contributed by atoms with Crippen molar-refractivity contribution in [1.29, 1.82) is 0 Å². The molecule has 382 valence electrons. The van der Waals surface area contributed by atoms with E-state index in [4.69, 9.17) is 33.2 Å². The van der Waals surface area contributed by atoms with Gasteiger partial charge in [-0.2, -0.15) is 0 Å². The van der Waals surface area contributed by atoms with Crippen LogP contribution in [0.5, 0.6) is 0 Å². The molecule has 0 aromatic heterocycles. The highest BCUT2D eigenvalue weighted by molar-refractivity contribution is 5.70. The Bertz CT molecular complexity index is 1240. The number of rotatable bonds is 37. The van der Waals surface area contributed by atoms with Crippen LogP contribution in [0.4, 0.5) is 0 Å². The van der Waals surface area contributed by atoms with E-state index >= 15 is 0 Å². The summed E-state index contributed by atoms with van der Waals surface area (Å²) in [7, 11) is 0. The van der Waals surface area contributed by atoms with E-state index in [0.29, 0.717) is 12.8 Å². The molecule has 0 amide bonds. The van der Waals surface area contributed by atoms with Gasteiger partial charge in [0.1, 0.15) is 62.0 Å². The van der Waals surface area contributed by atoms with Crippen LogP contribution in [0.15, 0.2) is 0 Å². The molecule has 2 rings (SSSR count). The number of esters is 3. The van der Waals surface area contributed by atoms with Crippen LogP contribution >= 0.6 is 0 Å². The van der Waals surface area contributed by atoms with Crippen LogP contribution in [0.1, 0.15) is 189 Å². The summed E-state index contributed by atoms with van der Waals surface area (Å²) in [5.74, 6) is -0.112. The first-order valence-electron chi connectivity index (χ1n) is 25.2. The summed E-state index contributed by atoms with van der Waals surface area (Å²) in [5.41, 5.74) is 0. The Hall–Kier alpha value is -1.99. The second-order valence-corrected chi connectivity index (χ2v) is 19.2. The highest BCUT2D eigenvalue weighted by Crippen LogP contribution is 2.30. The molecule has 6 N–H and O–H groups in total. The molecule has 2 aliphatic heterocycles. The first kappa shape index (κ1) is 59.1. The fourth-order valence-corrected chi connectivity index (χ4v) is 8.17. The van der Waals surface area contributed by atoms with Gasteiger partial charge in [-0.3, -0.25) is 14.4 Å². The number of carbonyl (C=O) groups excluding carboxylic acids is 3. The van der Waals surface area contributed by atoms with Crippen LogP contribution in [0.25, 0.3) is 0 Å². The smallest absolute Gasteiger partial charge is 0.306 e. The Morgan fingerprint density at radius 3 is 1.45 bits per heavy atom. The third-order valence-electron chi connectivity index (χ3n) is 12.2. The third kappa shape index (κ3) is 25.8. The topological polar surface area (TPSA) is 237 Å². The minimum atomic E-state index is -1.86. The Morgan fingerprint density at radius 2 is 0.969 bits per heavy atom. The molecule has 11 atom stereocenters. The lowest BCUT2D eigenvalue weighted by atomic mass is 9.97. The molecule has 0 spiro atoms. The molecule has 16 heteroatoms. The molecule has 2 aliphatic rings. The summed E-state index contributed by atoms with van der Waals surface area (Å²) in [6, 6.07) is 0. The van der Waals surface area contributed by atoms with E-state index in [1.807, 2.05) is 0 Å². The normalized spacial score (nSPS) is 26.4.